The molecule has 156 valence electrons. The summed E-state index contributed by atoms with van der Waals surface area (Å²) in [5.74, 6) is 1.89. The normalized spacial score (nSPS) is 22.2. The van der Waals surface area contributed by atoms with E-state index in [0.29, 0.717) is 13.2 Å². The summed E-state index contributed by atoms with van der Waals surface area (Å²) < 4.78 is 22.1. The SMILES string of the molecule is CCc1cc(C2=CCC(c3ccc(OCC4CO4)cc3)=CC2)ccc1OCC1CO1. The van der Waals surface area contributed by atoms with Crippen LogP contribution in [0.1, 0.15) is 36.5 Å². The van der Waals surface area contributed by atoms with Crippen LogP contribution in [0.4, 0.5) is 0 Å². The van der Waals surface area contributed by atoms with Gasteiger partial charge in [0.25, 0.3) is 0 Å². The van der Waals surface area contributed by atoms with Gasteiger partial charge in [-0.15, -0.1) is 0 Å². The fourth-order valence-corrected chi connectivity index (χ4v) is 3.77. The highest BCUT2D eigenvalue weighted by Gasteiger charge is 2.24. The van der Waals surface area contributed by atoms with E-state index in [-0.39, 0.29) is 12.2 Å². The van der Waals surface area contributed by atoms with E-state index in [2.05, 4.69) is 61.5 Å². The lowest BCUT2D eigenvalue weighted by molar-refractivity contribution is 0.261. The molecule has 2 aromatic rings. The molecule has 4 nitrogen and oxygen atoms in total. The molecule has 5 rings (SSSR count). The number of ether oxygens (including phenoxy) is 4. The van der Waals surface area contributed by atoms with Crippen molar-refractivity contribution in [3.63, 3.8) is 0 Å². The maximum atomic E-state index is 5.94. The van der Waals surface area contributed by atoms with Crippen LogP contribution in [0.25, 0.3) is 11.1 Å². The first-order chi connectivity index (χ1) is 14.8. The number of hydrogen-bond acceptors (Lipinski definition) is 4. The van der Waals surface area contributed by atoms with Gasteiger partial charge in [0.1, 0.15) is 36.9 Å². The van der Waals surface area contributed by atoms with Crippen molar-refractivity contribution in [2.45, 2.75) is 38.4 Å². The Morgan fingerprint density at radius 2 is 1.40 bits per heavy atom. The van der Waals surface area contributed by atoms with Crippen molar-refractivity contribution in [1.82, 2.24) is 0 Å². The van der Waals surface area contributed by atoms with Gasteiger partial charge in [0, 0.05) is 0 Å². The summed E-state index contributed by atoms with van der Waals surface area (Å²) in [7, 11) is 0. The van der Waals surface area contributed by atoms with Crippen LogP contribution in [0.5, 0.6) is 11.5 Å². The van der Waals surface area contributed by atoms with E-state index in [9.17, 15) is 0 Å². The van der Waals surface area contributed by atoms with Crippen molar-refractivity contribution in [1.29, 1.82) is 0 Å². The molecule has 0 saturated carbocycles. The minimum Gasteiger partial charge on any atom is -0.491 e. The van der Waals surface area contributed by atoms with E-state index in [4.69, 9.17) is 18.9 Å². The van der Waals surface area contributed by atoms with Gasteiger partial charge in [-0.05, 0) is 71.4 Å². The monoisotopic (exact) mass is 404 g/mol. The quantitative estimate of drug-likeness (QED) is 0.548. The molecule has 0 radical (unpaired) electrons. The highest BCUT2D eigenvalue weighted by Crippen LogP contribution is 2.33. The molecule has 2 aliphatic heterocycles. The van der Waals surface area contributed by atoms with Crippen molar-refractivity contribution in [3.05, 3.63) is 71.3 Å². The average molecular weight is 405 g/mol. The van der Waals surface area contributed by atoms with Gasteiger partial charge in [0.2, 0.25) is 0 Å². The lowest BCUT2D eigenvalue weighted by atomic mass is 9.90. The topological polar surface area (TPSA) is 43.5 Å². The molecule has 0 amide bonds. The Morgan fingerprint density at radius 3 is 2.00 bits per heavy atom. The summed E-state index contributed by atoms with van der Waals surface area (Å²) >= 11 is 0. The summed E-state index contributed by atoms with van der Waals surface area (Å²) in [5.41, 5.74) is 6.57. The lowest BCUT2D eigenvalue weighted by Crippen LogP contribution is -2.06. The van der Waals surface area contributed by atoms with E-state index in [1.807, 2.05) is 0 Å². The van der Waals surface area contributed by atoms with Crippen molar-refractivity contribution in [2.75, 3.05) is 26.4 Å². The van der Waals surface area contributed by atoms with Crippen LogP contribution in [0.3, 0.4) is 0 Å². The number of benzene rings is 2. The second-order valence-corrected chi connectivity index (χ2v) is 8.10. The predicted octanol–water partition coefficient (Wildman–Crippen LogP) is 5.07. The number of allylic oxidation sites excluding steroid dienone is 4. The maximum Gasteiger partial charge on any atom is 0.122 e. The van der Waals surface area contributed by atoms with Crippen LogP contribution in [-0.4, -0.2) is 38.6 Å². The van der Waals surface area contributed by atoms with Crippen LogP contribution < -0.4 is 9.47 Å². The Morgan fingerprint density at radius 1 is 0.800 bits per heavy atom. The molecule has 2 atom stereocenters. The molecule has 30 heavy (non-hydrogen) atoms. The first kappa shape index (κ1) is 19.4. The first-order valence-electron chi connectivity index (χ1n) is 10.9. The van der Waals surface area contributed by atoms with Crippen molar-refractivity contribution < 1.29 is 18.9 Å². The molecule has 0 N–H and O–H groups in total. The summed E-state index contributed by atoms with van der Waals surface area (Å²) in [6.45, 7) is 5.13. The largest absolute Gasteiger partial charge is 0.491 e. The molecule has 2 aromatic carbocycles. The number of hydrogen-bond donors (Lipinski definition) is 0. The van der Waals surface area contributed by atoms with E-state index in [1.165, 1.54) is 27.8 Å². The number of rotatable bonds is 9. The number of epoxide rings is 2. The molecule has 0 spiro atoms. The van der Waals surface area contributed by atoms with Gasteiger partial charge < -0.3 is 18.9 Å². The second kappa shape index (κ2) is 8.66. The standard InChI is InChI=1S/C26H28O4/c1-2-18-13-22(9-12-26(18)30-17-25-16-29-25)21-5-3-19(4-6-21)20-7-10-23(11-8-20)27-14-24-15-28-24/h3,6-13,24-25H,2,4-5,14-17H2,1H3. The zero-order valence-corrected chi connectivity index (χ0v) is 17.4. The molecular formula is C26H28O4. The minimum atomic E-state index is 0.284. The smallest absolute Gasteiger partial charge is 0.122 e. The Kier molecular flexibility index (Phi) is 5.60. The molecule has 1 aliphatic carbocycles. The van der Waals surface area contributed by atoms with Crippen LogP contribution in [0, 0.1) is 0 Å². The van der Waals surface area contributed by atoms with Gasteiger partial charge in [-0.2, -0.15) is 0 Å². The van der Waals surface area contributed by atoms with Gasteiger partial charge >= 0.3 is 0 Å². The van der Waals surface area contributed by atoms with Crippen molar-refractivity contribution in [3.8, 4) is 11.5 Å². The molecule has 3 aliphatic rings. The summed E-state index contributed by atoms with van der Waals surface area (Å²) in [6, 6.07) is 15.0. The number of aryl methyl sites for hydroxylation is 1. The lowest BCUT2D eigenvalue weighted by Gasteiger charge is -2.17. The van der Waals surface area contributed by atoms with Gasteiger partial charge in [-0.25, -0.2) is 0 Å². The molecule has 2 saturated heterocycles. The third kappa shape index (κ3) is 4.77. The van der Waals surface area contributed by atoms with Gasteiger partial charge in [-0.3, -0.25) is 0 Å². The molecule has 0 aromatic heterocycles. The minimum absolute atomic E-state index is 0.284. The average Bonchev–Trinajstić information content (AvgIpc) is 3.72. The fraction of sp³-hybridized carbons (Fsp3) is 0.385. The molecule has 0 bridgehead atoms. The molecule has 2 unspecified atom stereocenters. The second-order valence-electron chi connectivity index (χ2n) is 8.10. The van der Waals surface area contributed by atoms with Crippen molar-refractivity contribution in [2.24, 2.45) is 0 Å². The van der Waals surface area contributed by atoms with E-state index in [1.54, 1.807) is 0 Å². The van der Waals surface area contributed by atoms with Gasteiger partial charge in [0.05, 0.1) is 13.2 Å². The predicted molar refractivity (Wildman–Crippen MR) is 118 cm³/mol. The first-order valence-corrected chi connectivity index (χ1v) is 10.9. The third-order valence-corrected chi connectivity index (χ3v) is 5.84. The molecule has 2 heterocycles. The Bertz CT molecular complexity index is 949. The third-order valence-electron chi connectivity index (χ3n) is 5.84. The Labute approximate surface area is 178 Å². The molecular weight excluding hydrogens is 376 g/mol. The van der Waals surface area contributed by atoms with E-state index < -0.39 is 0 Å². The highest BCUT2D eigenvalue weighted by molar-refractivity contribution is 5.78. The van der Waals surface area contributed by atoms with E-state index in [0.717, 1.165) is 44.0 Å². The zero-order chi connectivity index (χ0) is 20.3. The van der Waals surface area contributed by atoms with Crippen LogP contribution in [0.2, 0.25) is 0 Å². The van der Waals surface area contributed by atoms with Crippen LogP contribution in [-0.2, 0) is 15.9 Å². The maximum absolute atomic E-state index is 5.94. The molecule has 2 fully saturated rings. The Hall–Kier alpha value is -2.56. The molecule has 4 heteroatoms. The fourth-order valence-electron chi connectivity index (χ4n) is 3.77. The highest BCUT2D eigenvalue weighted by atomic mass is 16.6. The van der Waals surface area contributed by atoms with Gasteiger partial charge in [0.15, 0.2) is 0 Å². The van der Waals surface area contributed by atoms with Crippen LogP contribution >= 0.6 is 0 Å². The summed E-state index contributed by atoms with van der Waals surface area (Å²) in [6.07, 6.45) is 8.14. The Balaban J connectivity index is 1.21. The van der Waals surface area contributed by atoms with Crippen molar-refractivity contribution >= 4 is 11.1 Å². The summed E-state index contributed by atoms with van der Waals surface area (Å²) in [5, 5.41) is 0. The zero-order valence-electron chi connectivity index (χ0n) is 17.4. The van der Waals surface area contributed by atoms with E-state index >= 15 is 0 Å². The summed E-state index contributed by atoms with van der Waals surface area (Å²) in [4.78, 5) is 0. The van der Waals surface area contributed by atoms with Gasteiger partial charge in [-0.1, -0.05) is 37.3 Å². The van der Waals surface area contributed by atoms with Crippen LogP contribution in [0.15, 0.2) is 54.6 Å².